The van der Waals surface area contributed by atoms with Crippen LogP contribution in [0.4, 0.5) is 4.39 Å². The largest absolute Gasteiger partial charge is 0.478 e. The Kier molecular flexibility index (Phi) is 6.18. The van der Waals surface area contributed by atoms with Gasteiger partial charge in [0.25, 0.3) is 0 Å². The van der Waals surface area contributed by atoms with Gasteiger partial charge in [0, 0.05) is 6.08 Å². The van der Waals surface area contributed by atoms with Crippen LogP contribution in [-0.2, 0) is 4.79 Å². The fourth-order valence-corrected chi connectivity index (χ4v) is 3.22. The molecule has 0 amide bonds. The molecule has 1 N–H and O–H groups in total. The Hall–Kier alpha value is -3.46. The summed E-state index contributed by atoms with van der Waals surface area (Å²) in [4.78, 5) is 10.7. The second kappa shape index (κ2) is 8.96. The van der Waals surface area contributed by atoms with E-state index in [9.17, 15) is 9.18 Å². The summed E-state index contributed by atoms with van der Waals surface area (Å²) in [7, 11) is 0. The predicted molar refractivity (Wildman–Crippen MR) is 112 cm³/mol. The van der Waals surface area contributed by atoms with Crippen molar-refractivity contribution < 1.29 is 14.3 Å². The summed E-state index contributed by atoms with van der Waals surface area (Å²) >= 11 is 0. The Morgan fingerprint density at radius 1 is 0.857 bits per heavy atom. The molecule has 3 aromatic rings. The van der Waals surface area contributed by atoms with Crippen LogP contribution in [0.5, 0.6) is 0 Å². The quantitative estimate of drug-likeness (QED) is 0.408. The van der Waals surface area contributed by atoms with Crippen LogP contribution in [0.2, 0.25) is 0 Å². The van der Waals surface area contributed by atoms with E-state index >= 15 is 0 Å². The van der Waals surface area contributed by atoms with Crippen LogP contribution in [-0.4, -0.2) is 11.1 Å². The van der Waals surface area contributed by atoms with Crippen molar-refractivity contribution in [3.05, 3.63) is 113 Å². The fraction of sp³-hybridized carbons (Fsp3) is 0.0800. The van der Waals surface area contributed by atoms with Gasteiger partial charge in [0.1, 0.15) is 5.82 Å². The zero-order valence-electron chi connectivity index (χ0n) is 15.6. The summed E-state index contributed by atoms with van der Waals surface area (Å²) in [6, 6.07) is 24.4. The highest BCUT2D eigenvalue weighted by atomic mass is 19.1. The number of carboxylic acid groups (broad SMARTS) is 1. The minimum Gasteiger partial charge on any atom is -0.478 e. The van der Waals surface area contributed by atoms with Crippen LogP contribution in [0.15, 0.2) is 84.9 Å². The van der Waals surface area contributed by atoms with E-state index in [1.54, 1.807) is 18.2 Å². The number of carbonyl (C=O) groups is 1. The van der Waals surface area contributed by atoms with Gasteiger partial charge in [-0.3, -0.25) is 0 Å². The maximum Gasteiger partial charge on any atom is 0.328 e. The first kappa shape index (κ1) is 19.3. The van der Waals surface area contributed by atoms with E-state index in [-0.39, 0.29) is 5.82 Å². The SMILES string of the molecule is CC/C(=C(\c1ccc(F)cc1)c1ccc(/C=C/C(=O)O)cc1)c1ccccc1. The van der Waals surface area contributed by atoms with Crippen molar-refractivity contribution in [2.24, 2.45) is 0 Å². The predicted octanol–water partition coefficient (Wildman–Crippen LogP) is 6.29. The zero-order chi connectivity index (χ0) is 19.9. The highest BCUT2D eigenvalue weighted by Gasteiger charge is 2.13. The fourth-order valence-electron chi connectivity index (χ4n) is 3.22. The Bertz CT molecular complexity index is 999. The lowest BCUT2D eigenvalue weighted by molar-refractivity contribution is -0.131. The Labute approximate surface area is 164 Å². The minimum atomic E-state index is -0.978. The van der Waals surface area contributed by atoms with E-state index in [2.05, 4.69) is 19.1 Å². The van der Waals surface area contributed by atoms with Crippen molar-refractivity contribution >= 4 is 23.2 Å². The van der Waals surface area contributed by atoms with Gasteiger partial charge in [-0.05, 0) is 58.0 Å². The van der Waals surface area contributed by atoms with Crippen molar-refractivity contribution in [1.29, 1.82) is 0 Å². The molecule has 28 heavy (non-hydrogen) atoms. The summed E-state index contributed by atoms with van der Waals surface area (Å²) in [6.07, 6.45) is 3.50. The number of hydrogen-bond acceptors (Lipinski definition) is 1. The van der Waals surface area contributed by atoms with Gasteiger partial charge in [0.15, 0.2) is 0 Å². The van der Waals surface area contributed by atoms with E-state index in [1.807, 2.05) is 42.5 Å². The summed E-state index contributed by atoms with van der Waals surface area (Å²) in [5, 5.41) is 8.79. The summed E-state index contributed by atoms with van der Waals surface area (Å²) in [6.45, 7) is 2.11. The van der Waals surface area contributed by atoms with E-state index in [1.165, 1.54) is 17.7 Å². The van der Waals surface area contributed by atoms with Gasteiger partial charge >= 0.3 is 5.97 Å². The third-order valence-corrected chi connectivity index (χ3v) is 4.53. The average molecular weight is 372 g/mol. The second-order valence-electron chi connectivity index (χ2n) is 6.37. The molecule has 0 saturated heterocycles. The van der Waals surface area contributed by atoms with Gasteiger partial charge in [0.05, 0.1) is 0 Å². The highest BCUT2D eigenvalue weighted by Crippen LogP contribution is 2.34. The van der Waals surface area contributed by atoms with Gasteiger partial charge in [-0.15, -0.1) is 0 Å². The highest BCUT2D eigenvalue weighted by molar-refractivity contribution is 5.98. The van der Waals surface area contributed by atoms with Crippen LogP contribution in [0.25, 0.3) is 17.2 Å². The van der Waals surface area contributed by atoms with Crippen LogP contribution in [0.3, 0.4) is 0 Å². The number of allylic oxidation sites excluding steroid dienone is 1. The molecular weight excluding hydrogens is 351 g/mol. The third kappa shape index (κ3) is 4.63. The molecule has 0 aliphatic carbocycles. The molecule has 0 saturated carbocycles. The molecule has 0 heterocycles. The summed E-state index contributed by atoms with van der Waals surface area (Å²) < 4.78 is 13.5. The molecular formula is C25H21FO2. The van der Waals surface area contributed by atoms with Gasteiger partial charge in [0.2, 0.25) is 0 Å². The van der Waals surface area contributed by atoms with Gasteiger partial charge in [-0.2, -0.15) is 0 Å². The molecule has 3 aromatic carbocycles. The number of hydrogen-bond donors (Lipinski definition) is 1. The number of benzene rings is 3. The average Bonchev–Trinajstić information content (AvgIpc) is 2.72. The van der Waals surface area contributed by atoms with Crippen LogP contribution < -0.4 is 0 Å². The van der Waals surface area contributed by atoms with E-state index in [4.69, 9.17) is 5.11 Å². The topological polar surface area (TPSA) is 37.3 Å². The smallest absolute Gasteiger partial charge is 0.328 e. The van der Waals surface area contributed by atoms with E-state index in [0.717, 1.165) is 40.3 Å². The van der Waals surface area contributed by atoms with Gasteiger partial charge < -0.3 is 5.11 Å². The molecule has 3 rings (SSSR count). The van der Waals surface area contributed by atoms with Crippen LogP contribution >= 0.6 is 0 Å². The van der Waals surface area contributed by atoms with Crippen molar-refractivity contribution in [2.45, 2.75) is 13.3 Å². The molecule has 140 valence electrons. The van der Waals surface area contributed by atoms with Crippen molar-refractivity contribution in [3.63, 3.8) is 0 Å². The molecule has 0 bridgehead atoms. The summed E-state index contributed by atoms with van der Waals surface area (Å²) in [5.74, 6) is -1.25. The normalized spacial score (nSPS) is 12.1. The Balaban J connectivity index is 2.15. The molecule has 0 aliphatic rings. The lowest BCUT2D eigenvalue weighted by Gasteiger charge is -2.16. The van der Waals surface area contributed by atoms with Crippen molar-refractivity contribution in [2.75, 3.05) is 0 Å². The molecule has 3 heteroatoms. The van der Waals surface area contributed by atoms with Crippen molar-refractivity contribution in [1.82, 2.24) is 0 Å². The second-order valence-corrected chi connectivity index (χ2v) is 6.37. The van der Waals surface area contributed by atoms with E-state index < -0.39 is 5.97 Å². The molecule has 0 fully saturated rings. The molecule has 0 atom stereocenters. The molecule has 0 unspecified atom stereocenters. The molecule has 0 aliphatic heterocycles. The van der Waals surface area contributed by atoms with E-state index in [0.29, 0.717) is 0 Å². The Morgan fingerprint density at radius 2 is 1.43 bits per heavy atom. The number of rotatable bonds is 6. The third-order valence-electron chi connectivity index (χ3n) is 4.53. The van der Waals surface area contributed by atoms with Crippen LogP contribution in [0, 0.1) is 5.82 Å². The van der Waals surface area contributed by atoms with Gasteiger partial charge in [-0.1, -0.05) is 73.7 Å². The molecule has 2 nitrogen and oxygen atoms in total. The van der Waals surface area contributed by atoms with Crippen LogP contribution in [0.1, 0.15) is 35.6 Å². The molecule has 0 radical (unpaired) electrons. The number of aliphatic carboxylic acids is 1. The lowest BCUT2D eigenvalue weighted by atomic mass is 9.88. The monoisotopic (exact) mass is 372 g/mol. The molecule has 0 spiro atoms. The lowest BCUT2D eigenvalue weighted by Crippen LogP contribution is -1.95. The number of carboxylic acids is 1. The van der Waals surface area contributed by atoms with Gasteiger partial charge in [-0.25, -0.2) is 9.18 Å². The summed E-state index contributed by atoms with van der Waals surface area (Å²) in [5.41, 5.74) is 6.08. The van der Waals surface area contributed by atoms with Crippen molar-refractivity contribution in [3.8, 4) is 0 Å². The maximum absolute atomic E-state index is 13.5. The standard InChI is InChI=1S/C25H21FO2/c1-2-23(19-6-4-3-5-7-19)25(21-13-15-22(26)16-14-21)20-11-8-18(9-12-20)10-17-24(27)28/h3-17H,2H2,1H3,(H,27,28)/b17-10+,25-23+. The minimum absolute atomic E-state index is 0.269. The zero-order valence-corrected chi connectivity index (χ0v) is 15.6. The Morgan fingerprint density at radius 3 is 1.96 bits per heavy atom. The first-order valence-electron chi connectivity index (χ1n) is 9.14. The molecule has 0 aromatic heterocycles. The first-order chi connectivity index (χ1) is 13.6. The maximum atomic E-state index is 13.5. The number of halogens is 1. The first-order valence-corrected chi connectivity index (χ1v) is 9.14.